The molecule has 0 aliphatic heterocycles. The van der Waals surface area contributed by atoms with Gasteiger partial charge < -0.3 is 14.7 Å². The van der Waals surface area contributed by atoms with Gasteiger partial charge in [-0.2, -0.15) is 0 Å². The van der Waals surface area contributed by atoms with Crippen LogP contribution in [0.4, 0.5) is 5.82 Å². The molecule has 0 spiro atoms. The van der Waals surface area contributed by atoms with Crippen molar-refractivity contribution in [2.24, 2.45) is 0 Å². The van der Waals surface area contributed by atoms with Crippen molar-refractivity contribution in [1.29, 1.82) is 0 Å². The molecule has 2 aromatic heterocycles. The summed E-state index contributed by atoms with van der Waals surface area (Å²) in [6.45, 7) is 1.99. The van der Waals surface area contributed by atoms with Crippen molar-refractivity contribution in [3.8, 4) is 0 Å². The van der Waals surface area contributed by atoms with Crippen LogP contribution in [-0.2, 0) is 6.54 Å². The van der Waals surface area contributed by atoms with Gasteiger partial charge in [0.2, 0.25) is 0 Å². The first-order chi connectivity index (χ1) is 11.5. The lowest BCUT2D eigenvalue weighted by molar-refractivity contribution is 0.0731. The van der Waals surface area contributed by atoms with Gasteiger partial charge in [0.05, 0.1) is 5.56 Å². The minimum atomic E-state index is -0.0153. The van der Waals surface area contributed by atoms with E-state index in [2.05, 4.69) is 14.9 Å². The highest BCUT2D eigenvalue weighted by atomic mass is 16.2. The van der Waals surface area contributed by atoms with Gasteiger partial charge in [0.15, 0.2) is 0 Å². The zero-order valence-corrected chi connectivity index (χ0v) is 14.8. The molecule has 6 nitrogen and oxygen atoms in total. The topological polar surface area (TPSA) is 52.6 Å². The van der Waals surface area contributed by atoms with Crippen molar-refractivity contribution in [3.05, 3.63) is 54.0 Å². The number of hydrogen-bond acceptors (Lipinski definition) is 5. The van der Waals surface area contributed by atoms with E-state index in [0.29, 0.717) is 18.7 Å². The number of hydrogen-bond donors (Lipinski definition) is 0. The molecule has 24 heavy (non-hydrogen) atoms. The third-order valence-electron chi connectivity index (χ3n) is 3.65. The molecule has 2 aromatic rings. The summed E-state index contributed by atoms with van der Waals surface area (Å²) in [7, 11) is 7.85. The molecule has 0 unspecified atom stereocenters. The number of nitrogens with zero attached hydrogens (tertiary/aromatic N) is 5. The molecule has 0 N–H and O–H groups in total. The Morgan fingerprint density at radius 3 is 2.38 bits per heavy atom. The molecule has 128 valence electrons. The van der Waals surface area contributed by atoms with Gasteiger partial charge in [0, 0.05) is 52.3 Å². The SMILES string of the molecule is CN(C)CCN(Cc1cccnc1)C(=O)c1ccc(N(C)C)nc1. The molecular weight excluding hydrogens is 302 g/mol. The third kappa shape index (κ3) is 5.03. The van der Waals surface area contributed by atoms with Crippen LogP contribution in [0, 0.1) is 0 Å². The number of rotatable bonds is 7. The Labute approximate surface area is 143 Å². The molecule has 0 atom stereocenters. The second kappa shape index (κ2) is 8.40. The molecular formula is C18H25N5O. The molecule has 1 amide bonds. The third-order valence-corrected chi connectivity index (χ3v) is 3.65. The van der Waals surface area contributed by atoms with Crippen LogP contribution >= 0.6 is 0 Å². The largest absolute Gasteiger partial charge is 0.363 e. The first-order valence-corrected chi connectivity index (χ1v) is 7.93. The fourth-order valence-corrected chi connectivity index (χ4v) is 2.24. The molecule has 2 heterocycles. The van der Waals surface area contributed by atoms with E-state index < -0.39 is 0 Å². The van der Waals surface area contributed by atoms with Gasteiger partial charge in [0.1, 0.15) is 5.82 Å². The first-order valence-electron chi connectivity index (χ1n) is 7.93. The van der Waals surface area contributed by atoms with E-state index >= 15 is 0 Å². The Hall–Kier alpha value is -2.47. The summed E-state index contributed by atoms with van der Waals surface area (Å²) in [6.07, 6.45) is 5.17. The van der Waals surface area contributed by atoms with Gasteiger partial charge in [-0.05, 0) is 37.9 Å². The lowest BCUT2D eigenvalue weighted by Gasteiger charge is -2.24. The lowest BCUT2D eigenvalue weighted by Crippen LogP contribution is -2.36. The van der Waals surface area contributed by atoms with Crippen LogP contribution in [0.5, 0.6) is 0 Å². The smallest absolute Gasteiger partial charge is 0.255 e. The Kier molecular flexibility index (Phi) is 6.26. The summed E-state index contributed by atoms with van der Waals surface area (Å²) in [5, 5.41) is 0. The number of carbonyl (C=O) groups is 1. The van der Waals surface area contributed by atoms with E-state index in [-0.39, 0.29) is 5.91 Å². The van der Waals surface area contributed by atoms with E-state index in [4.69, 9.17) is 0 Å². The van der Waals surface area contributed by atoms with E-state index in [1.54, 1.807) is 18.6 Å². The number of aromatic nitrogens is 2. The van der Waals surface area contributed by atoms with Crippen molar-refractivity contribution >= 4 is 11.7 Å². The number of anilines is 1. The molecule has 0 bridgehead atoms. The van der Waals surface area contributed by atoms with Gasteiger partial charge in [-0.25, -0.2) is 4.98 Å². The van der Waals surface area contributed by atoms with Crippen LogP contribution in [0.15, 0.2) is 42.9 Å². The summed E-state index contributed by atoms with van der Waals surface area (Å²) in [4.78, 5) is 27.2. The highest BCUT2D eigenvalue weighted by Gasteiger charge is 2.17. The Morgan fingerprint density at radius 1 is 1.04 bits per heavy atom. The molecule has 0 fully saturated rings. The second-order valence-corrected chi connectivity index (χ2v) is 6.19. The van der Waals surface area contributed by atoms with Crippen LogP contribution in [0.2, 0.25) is 0 Å². The lowest BCUT2D eigenvalue weighted by atomic mass is 10.2. The maximum absolute atomic E-state index is 12.9. The monoisotopic (exact) mass is 327 g/mol. The summed E-state index contributed by atoms with van der Waals surface area (Å²) in [5.74, 6) is 0.817. The first kappa shape index (κ1) is 17.9. The maximum atomic E-state index is 12.9. The standard InChI is InChI=1S/C18H25N5O/c1-21(2)10-11-23(14-15-6-5-9-19-12-15)18(24)16-7-8-17(20-13-16)22(3)4/h5-9,12-13H,10-11,14H2,1-4H3. The number of likely N-dealkylation sites (N-methyl/N-ethyl adjacent to an activating group) is 1. The summed E-state index contributed by atoms with van der Waals surface area (Å²) < 4.78 is 0. The molecule has 0 aliphatic rings. The van der Waals surface area contributed by atoms with Gasteiger partial charge in [-0.15, -0.1) is 0 Å². The molecule has 0 radical (unpaired) electrons. The normalized spacial score (nSPS) is 10.7. The van der Waals surface area contributed by atoms with Gasteiger partial charge >= 0.3 is 0 Å². The van der Waals surface area contributed by atoms with Crippen LogP contribution in [0.3, 0.4) is 0 Å². The van der Waals surface area contributed by atoms with Gasteiger partial charge in [-0.3, -0.25) is 9.78 Å². The van der Waals surface area contributed by atoms with Crippen LogP contribution in [-0.4, -0.2) is 67.0 Å². The predicted molar refractivity (Wildman–Crippen MR) is 96.1 cm³/mol. The van der Waals surface area contributed by atoms with Crippen molar-refractivity contribution in [1.82, 2.24) is 19.8 Å². The number of pyridine rings is 2. The van der Waals surface area contributed by atoms with Crippen molar-refractivity contribution in [3.63, 3.8) is 0 Å². The van der Waals surface area contributed by atoms with Crippen LogP contribution in [0.25, 0.3) is 0 Å². The Balaban J connectivity index is 2.16. The van der Waals surface area contributed by atoms with Gasteiger partial charge in [-0.1, -0.05) is 6.07 Å². The van der Waals surface area contributed by atoms with E-state index in [9.17, 15) is 4.79 Å². The molecule has 0 saturated carbocycles. The highest BCUT2D eigenvalue weighted by molar-refractivity contribution is 5.94. The number of amides is 1. The molecule has 0 aromatic carbocycles. The maximum Gasteiger partial charge on any atom is 0.255 e. The van der Waals surface area contributed by atoms with E-state index in [1.165, 1.54) is 0 Å². The average molecular weight is 327 g/mol. The minimum absolute atomic E-state index is 0.0153. The molecule has 6 heteroatoms. The fraction of sp³-hybridized carbons (Fsp3) is 0.389. The van der Waals surface area contributed by atoms with Crippen LogP contribution in [0.1, 0.15) is 15.9 Å². The Morgan fingerprint density at radius 2 is 1.83 bits per heavy atom. The Bertz CT molecular complexity index is 640. The summed E-state index contributed by atoms with van der Waals surface area (Å²) >= 11 is 0. The van der Waals surface area contributed by atoms with Crippen molar-refractivity contribution in [2.45, 2.75) is 6.54 Å². The molecule has 2 rings (SSSR count). The summed E-state index contributed by atoms with van der Waals surface area (Å²) in [5.41, 5.74) is 1.62. The van der Waals surface area contributed by atoms with E-state index in [0.717, 1.165) is 17.9 Å². The highest BCUT2D eigenvalue weighted by Crippen LogP contribution is 2.12. The average Bonchev–Trinajstić information content (AvgIpc) is 2.58. The molecule has 0 saturated heterocycles. The number of carbonyl (C=O) groups excluding carboxylic acids is 1. The molecule has 0 aliphatic carbocycles. The fourth-order valence-electron chi connectivity index (χ4n) is 2.24. The zero-order chi connectivity index (χ0) is 17.5. The zero-order valence-electron chi connectivity index (χ0n) is 14.8. The quantitative estimate of drug-likeness (QED) is 0.775. The van der Waals surface area contributed by atoms with Gasteiger partial charge in [0.25, 0.3) is 5.91 Å². The summed E-state index contributed by atoms with van der Waals surface area (Å²) in [6, 6.07) is 7.56. The second-order valence-electron chi connectivity index (χ2n) is 6.19. The minimum Gasteiger partial charge on any atom is -0.363 e. The van der Waals surface area contributed by atoms with Crippen LogP contribution < -0.4 is 4.90 Å². The van der Waals surface area contributed by atoms with Crippen molar-refractivity contribution in [2.75, 3.05) is 46.2 Å². The predicted octanol–water partition coefficient (Wildman–Crippen LogP) is 1.75. The van der Waals surface area contributed by atoms with E-state index in [1.807, 2.05) is 62.3 Å². The van der Waals surface area contributed by atoms with Crippen molar-refractivity contribution < 1.29 is 4.79 Å².